The number of imidazole rings is 1. The van der Waals surface area contributed by atoms with Crippen molar-refractivity contribution in [1.82, 2.24) is 20.3 Å². The molecule has 4 aromatic rings. The molecule has 2 amide bonds. The summed E-state index contributed by atoms with van der Waals surface area (Å²) in [6.07, 6.45) is 2.10. The van der Waals surface area contributed by atoms with Crippen molar-refractivity contribution in [3.63, 3.8) is 0 Å². The quantitative estimate of drug-likeness (QED) is 0.375. The Morgan fingerprint density at radius 3 is 2.41 bits per heavy atom. The lowest BCUT2D eigenvalue weighted by Crippen LogP contribution is -2.18. The lowest BCUT2D eigenvalue weighted by atomic mass is 10.1. The summed E-state index contributed by atoms with van der Waals surface area (Å²) in [4.78, 5) is 36.3. The molecule has 0 saturated carbocycles. The van der Waals surface area contributed by atoms with Gasteiger partial charge in [0.1, 0.15) is 40.2 Å². The monoisotopic (exact) mass is 459 g/mol. The van der Waals surface area contributed by atoms with Gasteiger partial charge in [0.15, 0.2) is 0 Å². The summed E-state index contributed by atoms with van der Waals surface area (Å²) in [6.45, 7) is 1.92. The first-order chi connectivity index (χ1) is 16.5. The number of pyridine rings is 1. The van der Waals surface area contributed by atoms with E-state index in [1.165, 1.54) is 31.4 Å². The Bertz CT molecular complexity index is 1320. The van der Waals surface area contributed by atoms with Crippen LogP contribution in [0, 0.1) is 5.82 Å². The third kappa shape index (κ3) is 5.09. The molecule has 0 spiro atoms. The highest BCUT2D eigenvalue weighted by atomic mass is 19.1. The number of aryl methyl sites for hydroxylation is 1. The highest BCUT2D eigenvalue weighted by Gasteiger charge is 2.19. The molecule has 8 nitrogen and oxygen atoms in total. The van der Waals surface area contributed by atoms with Crippen molar-refractivity contribution in [1.29, 1.82) is 0 Å². The van der Waals surface area contributed by atoms with Crippen LogP contribution in [0.1, 0.15) is 33.7 Å². The Balaban J connectivity index is 1.49. The number of hydrogen-bond acceptors (Lipinski definition) is 5. The van der Waals surface area contributed by atoms with E-state index in [4.69, 9.17) is 4.74 Å². The first-order valence-corrected chi connectivity index (χ1v) is 10.6. The Labute approximate surface area is 195 Å². The van der Waals surface area contributed by atoms with Gasteiger partial charge in [-0.25, -0.2) is 9.37 Å². The molecule has 4 rings (SSSR count). The van der Waals surface area contributed by atoms with Gasteiger partial charge in [0.25, 0.3) is 11.8 Å². The lowest BCUT2D eigenvalue weighted by Gasteiger charge is -2.09. The fourth-order valence-corrected chi connectivity index (χ4v) is 3.23. The second-order valence-corrected chi connectivity index (χ2v) is 7.30. The molecule has 0 radical (unpaired) electrons. The Kier molecular flexibility index (Phi) is 6.63. The van der Waals surface area contributed by atoms with Crippen LogP contribution in [0.2, 0.25) is 0 Å². The van der Waals surface area contributed by atoms with Crippen molar-refractivity contribution < 1.29 is 18.7 Å². The van der Waals surface area contributed by atoms with Crippen LogP contribution in [-0.4, -0.2) is 33.8 Å². The molecular formula is C25H22FN5O3. The molecule has 2 aromatic heterocycles. The normalized spacial score (nSPS) is 10.6. The smallest absolute Gasteiger partial charge is 0.274 e. The molecule has 0 aliphatic rings. The number of nitrogens with zero attached hydrogens (tertiary/aromatic N) is 2. The molecule has 34 heavy (non-hydrogen) atoms. The van der Waals surface area contributed by atoms with Crippen LogP contribution >= 0.6 is 0 Å². The van der Waals surface area contributed by atoms with Crippen LogP contribution in [0.15, 0.2) is 66.9 Å². The van der Waals surface area contributed by atoms with Crippen molar-refractivity contribution in [3.05, 3.63) is 89.9 Å². The van der Waals surface area contributed by atoms with Crippen molar-refractivity contribution in [3.8, 4) is 22.8 Å². The van der Waals surface area contributed by atoms with Gasteiger partial charge in [-0.05, 0) is 54.6 Å². The highest BCUT2D eigenvalue weighted by Crippen LogP contribution is 2.26. The summed E-state index contributed by atoms with van der Waals surface area (Å²) in [6, 6.07) is 15.8. The molecule has 2 aromatic carbocycles. The number of carbonyl (C=O) groups excluding carboxylic acids is 2. The van der Waals surface area contributed by atoms with E-state index in [1.807, 2.05) is 6.92 Å². The maximum Gasteiger partial charge on any atom is 0.274 e. The predicted octanol–water partition coefficient (Wildman–Crippen LogP) is 4.58. The maximum absolute atomic E-state index is 13.3. The third-order valence-corrected chi connectivity index (χ3v) is 4.97. The van der Waals surface area contributed by atoms with Crippen molar-refractivity contribution in [2.45, 2.75) is 13.3 Å². The summed E-state index contributed by atoms with van der Waals surface area (Å²) in [7, 11) is 1.53. The summed E-state index contributed by atoms with van der Waals surface area (Å²) < 4.78 is 19.1. The van der Waals surface area contributed by atoms with E-state index in [1.54, 1.807) is 42.5 Å². The molecule has 172 valence electrons. The van der Waals surface area contributed by atoms with Crippen molar-refractivity contribution >= 4 is 17.5 Å². The van der Waals surface area contributed by atoms with E-state index < -0.39 is 0 Å². The molecule has 3 N–H and O–H groups in total. The molecule has 0 aliphatic carbocycles. The number of ether oxygens (including phenoxy) is 1. The highest BCUT2D eigenvalue weighted by molar-refractivity contribution is 6.06. The minimum Gasteiger partial charge on any atom is -0.457 e. The predicted molar refractivity (Wildman–Crippen MR) is 125 cm³/mol. The lowest BCUT2D eigenvalue weighted by molar-refractivity contribution is 0.0957. The number of hydrogen-bond donors (Lipinski definition) is 3. The molecule has 0 atom stereocenters. The average molecular weight is 459 g/mol. The van der Waals surface area contributed by atoms with Gasteiger partial charge in [0.2, 0.25) is 0 Å². The fourth-order valence-electron chi connectivity index (χ4n) is 3.23. The second kappa shape index (κ2) is 9.95. The van der Waals surface area contributed by atoms with Crippen LogP contribution in [0.25, 0.3) is 11.3 Å². The Morgan fingerprint density at radius 1 is 1.00 bits per heavy atom. The van der Waals surface area contributed by atoms with E-state index in [0.717, 1.165) is 0 Å². The van der Waals surface area contributed by atoms with Gasteiger partial charge in [-0.1, -0.05) is 6.92 Å². The zero-order valence-corrected chi connectivity index (χ0v) is 18.6. The minimum atomic E-state index is -0.371. The first-order valence-electron chi connectivity index (χ1n) is 10.6. The van der Waals surface area contributed by atoms with Crippen LogP contribution in [0.3, 0.4) is 0 Å². The maximum atomic E-state index is 13.3. The Hall–Kier alpha value is -4.53. The molecule has 2 heterocycles. The second-order valence-electron chi connectivity index (χ2n) is 7.30. The number of halogens is 1. The SMILES string of the molecule is CCc1nc(-c2ccc(F)cc2)c(C(=O)Nc2ccc(Oc3ccnc(C(=O)NC)c3)cc2)[nH]1. The van der Waals surface area contributed by atoms with Gasteiger partial charge in [0.05, 0.1) is 0 Å². The van der Waals surface area contributed by atoms with E-state index in [9.17, 15) is 14.0 Å². The van der Waals surface area contributed by atoms with Gasteiger partial charge in [-0.2, -0.15) is 0 Å². The van der Waals surface area contributed by atoms with Crippen LogP contribution < -0.4 is 15.4 Å². The van der Waals surface area contributed by atoms with Crippen molar-refractivity contribution in [2.24, 2.45) is 0 Å². The van der Waals surface area contributed by atoms with Crippen molar-refractivity contribution in [2.75, 3.05) is 12.4 Å². The number of rotatable bonds is 7. The molecule has 9 heteroatoms. The zero-order valence-electron chi connectivity index (χ0n) is 18.6. The van der Waals surface area contributed by atoms with Crippen LogP contribution in [0.4, 0.5) is 10.1 Å². The van der Waals surface area contributed by atoms with Gasteiger partial charge in [-0.3, -0.25) is 14.6 Å². The first kappa shape index (κ1) is 22.7. The molecule has 0 bridgehead atoms. The summed E-state index contributed by atoms with van der Waals surface area (Å²) >= 11 is 0. The minimum absolute atomic E-state index is 0.242. The van der Waals surface area contributed by atoms with Gasteiger partial charge >= 0.3 is 0 Å². The van der Waals surface area contributed by atoms with Gasteiger partial charge in [-0.15, -0.1) is 0 Å². The topological polar surface area (TPSA) is 109 Å². The van der Waals surface area contributed by atoms with Crippen LogP contribution in [-0.2, 0) is 6.42 Å². The molecule has 0 unspecified atom stereocenters. The summed E-state index contributed by atoms with van der Waals surface area (Å²) in [5, 5.41) is 5.35. The van der Waals surface area contributed by atoms with E-state index in [0.29, 0.717) is 46.4 Å². The zero-order chi connectivity index (χ0) is 24.1. The standard InChI is InChI=1S/C25H22FN5O3/c1-3-21-30-22(15-4-6-16(26)7-5-15)23(31-21)25(33)29-17-8-10-18(11-9-17)34-19-12-13-28-20(14-19)24(32)27-2/h4-14H,3H2,1-2H3,(H,27,32)(H,29,33)(H,30,31). The van der Waals surface area contributed by atoms with E-state index >= 15 is 0 Å². The number of anilines is 1. The van der Waals surface area contributed by atoms with Crippen LogP contribution in [0.5, 0.6) is 11.5 Å². The average Bonchev–Trinajstić information content (AvgIpc) is 3.30. The fraction of sp³-hybridized carbons (Fsp3) is 0.120. The Morgan fingerprint density at radius 2 is 1.74 bits per heavy atom. The van der Waals surface area contributed by atoms with E-state index in [-0.39, 0.29) is 23.3 Å². The number of nitrogens with one attached hydrogen (secondary N) is 3. The third-order valence-electron chi connectivity index (χ3n) is 4.97. The molecule has 0 aliphatic heterocycles. The number of H-pyrrole nitrogens is 1. The summed E-state index contributed by atoms with van der Waals surface area (Å²) in [5.41, 5.74) is 2.18. The molecule has 0 fully saturated rings. The van der Waals surface area contributed by atoms with Gasteiger partial charge < -0.3 is 20.4 Å². The number of aromatic nitrogens is 3. The van der Waals surface area contributed by atoms with E-state index in [2.05, 4.69) is 25.6 Å². The number of carbonyl (C=O) groups is 2. The number of amides is 2. The number of benzene rings is 2. The number of aromatic amines is 1. The molecular weight excluding hydrogens is 437 g/mol. The largest absolute Gasteiger partial charge is 0.457 e. The summed E-state index contributed by atoms with van der Waals surface area (Å²) in [5.74, 6) is 0.590. The van der Waals surface area contributed by atoms with Gasteiger partial charge in [0, 0.05) is 37.0 Å². The molecule has 0 saturated heterocycles.